The molecule has 0 radical (unpaired) electrons. The molecule has 51 heavy (non-hydrogen) atoms. The quantitative estimate of drug-likeness (QED) is 0.176. The molecule has 0 bridgehead atoms. The minimum Gasteiger partial charge on any atom is -0.456 e. The number of hydrogen-bond acceptors (Lipinski definition) is 4. The van der Waals surface area contributed by atoms with Crippen LogP contribution in [0.2, 0.25) is 0 Å². The predicted molar refractivity (Wildman–Crippen MR) is 215 cm³/mol. The summed E-state index contributed by atoms with van der Waals surface area (Å²) in [7, 11) is 0. The van der Waals surface area contributed by atoms with Crippen molar-refractivity contribution in [3.63, 3.8) is 0 Å². The van der Waals surface area contributed by atoms with Crippen molar-refractivity contribution in [1.29, 1.82) is 0 Å². The molecule has 0 atom stereocenters. The lowest BCUT2D eigenvalue weighted by atomic mass is 10.0. The van der Waals surface area contributed by atoms with Crippen LogP contribution in [0.25, 0.3) is 75.8 Å². The highest BCUT2D eigenvalue weighted by Crippen LogP contribution is 2.49. The van der Waals surface area contributed by atoms with Gasteiger partial charge in [0.15, 0.2) is 0 Å². The molecule has 0 aliphatic carbocycles. The van der Waals surface area contributed by atoms with Crippen molar-refractivity contribution in [2.75, 3.05) is 4.90 Å². The number of rotatable bonds is 6. The summed E-state index contributed by atoms with van der Waals surface area (Å²) in [4.78, 5) is 7.75. The molecular weight excluding hydrogens is 641 g/mol. The van der Waals surface area contributed by atoms with E-state index in [1.54, 1.807) is 11.3 Å². The third-order valence-corrected chi connectivity index (χ3v) is 10.7. The summed E-state index contributed by atoms with van der Waals surface area (Å²) in [5.74, 6) is 0. The van der Waals surface area contributed by atoms with Crippen molar-refractivity contribution in [3.05, 3.63) is 182 Å². The molecule has 4 heteroatoms. The molecule has 0 aliphatic rings. The molecule has 0 N–H and O–H groups in total. The molecule has 2 aromatic heterocycles. The number of nitrogens with zero attached hydrogens (tertiary/aromatic N) is 2. The minimum absolute atomic E-state index is 0.848. The Balaban J connectivity index is 1.21. The molecule has 8 aromatic carbocycles. The predicted octanol–water partition coefficient (Wildman–Crippen LogP) is 13.8. The van der Waals surface area contributed by atoms with E-state index in [1.807, 2.05) is 18.2 Å². The normalized spacial score (nSPS) is 11.5. The van der Waals surface area contributed by atoms with Gasteiger partial charge in [0.1, 0.15) is 21.7 Å². The summed E-state index contributed by atoms with van der Waals surface area (Å²) in [6.45, 7) is 0. The van der Waals surface area contributed by atoms with E-state index in [-0.39, 0.29) is 0 Å². The Morgan fingerprint density at radius 3 is 1.75 bits per heavy atom. The Morgan fingerprint density at radius 1 is 0.451 bits per heavy atom. The first kappa shape index (κ1) is 29.4. The van der Waals surface area contributed by atoms with Crippen LogP contribution < -0.4 is 4.90 Å². The Morgan fingerprint density at radius 2 is 1.02 bits per heavy atom. The van der Waals surface area contributed by atoms with Crippen molar-refractivity contribution >= 4 is 71.3 Å². The van der Waals surface area contributed by atoms with Crippen LogP contribution in [0.5, 0.6) is 0 Å². The number of hydrogen-bond donors (Lipinski definition) is 0. The zero-order valence-corrected chi connectivity index (χ0v) is 28.3. The van der Waals surface area contributed by atoms with Crippen LogP contribution in [0.1, 0.15) is 0 Å². The average molecular weight is 671 g/mol. The Labute approximate surface area is 299 Å². The average Bonchev–Trinajstić information content (AvgIpc) is 3.80. The largest absolute Gasteiger partial charge is 0.456 e. The lowest BCUT2D eigenvalue weighted by Crippen LogP contribution is -2.11. The maximum atomic E-state index is 6.58. The van der Waals surface area contributed by atoms with E-state index in [1.165, 1.54) is 33.0 Å². The molecular formula is C47H30N2OS. The number of benzene rings is 8. The molecule has 0 amide bonds. The molecule has 240 valence electrons. The standard InChI is InChI=1S/C47H30N2OS/c1-3-11-31(12-4-1)33-21-25-38(26-22-33)49(39-27-23-34(24-28-39)37-20-19-32-13-7-8-16-36(32)29-37)46-44-40-17-9-10-18-41(40)50-42(44)30-43-45(46)48-47(51-43)35-14-5-2-6-15-35/h1-30H. The van der Waals surface area contributed by atoms with E-state index < -0.39 is 0 Å². The van der Waals surface area contributed by atoms with E-state index in [0.29, 0.717) is 0 Å². The SMILES string of the molecule is c1ccc(-c2ccc(N(c3ccc(-c4ccc5ccccc5c4)cc3)c3c4nc(-c5ccccc5)sc4cc4oc5ccccc5c34)cc2)cc1. The maximum Gasteiger partial charge on any atom is 0.139 e. The second-order valence-corrected chi connectivity index (χ2v) is 13.8. The van der Waals surface area contributed by atoms with Gasteiger partial charge in [0, 0.05) is 28.4 Å². The number of anilines is 3. The second kappa shape index (κ2) is 12.1. The van der Waals surface area contributed by atoms with Gasteiger partial charge in [-0.2, -0.15) is 0 Å². The van der Waals surface area contributed by atoms with Gasteiger partial charge in [-0.05, 0) is 69.4 Å². The van der Waals surface area contributed by atoms with Gasteiger partial charge in [-0.1, -0.05) is 140 Å². The van der Waals surface area contributed by atoms with Crippen LogP contribution >= 0.6 is 11.3 Å². The fourth-order valence-electron chi connectivity index (χ4n) is 7.18. The molecule has 0 saturated carbocycles. The first-order chi connectivity index (χ1) is 25.3. The minimum atomic E-state index is 0.848. The van der Waals surface area contributed by atoms with Gasteiger partial charge in [-0.25, -0.2) is 4.98 Å². The first-order valence-electron chi connectivity index (χ1n) is 17.1. The molecule has 10 rings (SSSR count). The zero-order chi connectivity index (χ0) is 33.7. The summed E-state index contributed by atoms with van der Waals surface area (Å²) >= 11 is 1.70. The molecule has 0 unspecified atom stereocenters. The zero-order valence-electron chi connectivity index (χ0n) is 27.5. The first-order valence-corrected chi connectivity index (χ1v) is 17.9. The molecule has 10 aromatic rings. The number of fused-ring (bicyclic) bond motifs is 5. The van der Waals surface area contributed by atoms with Crippen LogP contribution in [0.3, 0.4) is 0 Å². The fraction of sp³-hybridized carbons (Fsp3) is 0. The monoisotopic (exact) mass is 670 g/mol. The van der Waals surface area contributed by atoms with E-state index in [0.717, 1.165) is 59.8 Å². The lowest BCUT2D eigenvalue weighted by Gasteiger charge is -2.27. The highest BCUT2D eigenvalue weighted by Gasteiger charge is 2.25. The molecule has 0 spiro atoms. The van der Waals surface area contributed by atoms with Gasteiger partial charge in [-0.3, -0.25) is 0 Å². The molecule has 0 fully saturated rings. The van der Waals surface area contributed by atoms with Gasteiger partial charge in [0.05, 0.1) is 15.8 Å². The molecule has 0 aliphatic heterocycles. The van der Waals surface area contributed by atoms with Gasteiger partial charge < -0.3 is 9.32 Å². The summed E-state index contributed by atoms with van der Waals surface area (Å²) in [5.41, 5.74) is 11.6. The number of para-hydroxylation sites is 1. The van der Waals surface area contributed by atoms with Gasteiger partial charge in [0.25, 0.3) is 0 Å². The number of aromatic nitrogens is 1. The summed E-state index contributed by atoms with van der Waals surface area (Å²) in [6, 6.07) is 64.4. The van der Waals surface area contributed by atoms with Crippen molar-refractivity contribution in [3.8, 4) is 32.8 Å². The van der Waals surface area contributed by atoms with Gasteiger partial charge in [0.2, 0.25) is 0 Å². The topological polar surface area (TPSA) is 29.3 Å². The van der Waals surface area contributed by atoms with Crippen LogP contribution in [0.15, 0.2) is 186 Å². The van der Waals surface area contributed by atoms with Crippen LogP contribution in [0, 0.1) is 0 Å². The Kier molecular flexibility index (Phi) is 7.00. The maximum absolute atomic E-state index is 6.58. The lowest BCUT2D eigenvalue weighted by molar-refractivity contribution is 0.669. The fourth-order valence-corrected chi connectivity index (χ4v) is 8.19. The van der Waals surface area contributed by atoms with Crippen LogP contribution in [-0.4, -0.2) is 4.98 Å². The van der Waals surface area contributed by atoms with E-state index in [4.69, 9.17) is 9.40 Å². The number of thiazole rings is 1. The summed E-state index contributed by atoms with van der Waals surface area (Å²) in [6.07, 6.45) is 0. The van der Waals surface area contributed by atoms with E-state index in [2.05, 4.69) is 169 Å². The molecule has 2 heterocycles. The Bertz CT molecular complexity index is 2840. The van der Waals surface area contributed by atoms with Crippen molar-refractivity contribution < 1.29 is 4.42 Å². The summed E-state index contributed by atoms with van der Waals surface area (Å²) in [5, 5.41) is 5.57. The van der Waals surface area contributed by atoms with E-state index in [9.17, 15) is 0 Å². The smallest absolute Gasteiger partial charge is 0.139 e. The van der Waals surface area contributed by atoms with Crippen LogP contribution in [0.4, 0.5) is 17.1 Å². The highest BCUT2D eigenvalue weighted by molar-refractivity contribution is 7.21. The van der Waals surface area contributed by atoms with Crippen LogP contribution in [-0.2, 0) is 0 Å². The van der Waals surface area contributed by atoms with Crippen molar-refractivity contribution in [2.24, 2.45) is 0 Å². The third-order valence-electron chi connectivity index (χ3n) is 9.68. The Hall–Kier alpha value is -6.49. The summed E-state index contributed by atoms with van der Waals surface area (Å²) < 4.78 is 7.66. The van der Waals surface area contributed by atoms with E-state index >= 15 is 0 Å². The van der Waals surface area contributed by atoms with Gasteiger partial charge >= 0.3 is 0 Å². The van der Waals surface area contributed by atoms with Crippen molar-refractivity contribution in [1.82, 2.24) is 4.98 Å². The molecule has 0 saturated heterocycles. The molecule has 3 nitrogen and oxygen atoms in total. The third kappa shape index (κ3) is 5.16. The number of furan rings is 1. The van der Waals surface area contributed by atoms with Crippen molar-refractivity contribution in [2.45, 2.75) is 0 Å². The second-order valence-electron chi connectivity index (χ2n) is 12.8. The highest BCUT2D eigenvalue weighted by atomic mass is 32.1. The van der Waals surface area contributed by atoms with Gasteiger partial charge in [-0.15, -0.1) is 11.3 Å².